The van der Waals surface area contributed by atoms with Crippen molar-refractivity contribution >= 4 is 15.9 Å². The number of hydrogen-bond acceptors (Lipinski definition) is 7. The third-order valence-electron chi connectivity index (χ3n) is 5.22. The second-order valence-corrected chi connectivity index (χ2v) is 9.84. The van der Waals surface area contributed by atoms with Crippen LogP contribution in [0.1, 0.15) is 16.8 Å². The Morgan fingerprint density at radius 3 is 2.30 bits per heavy atom. The van der Waals surface area contributed by atoms with Crippen molar-refractivity contribution in [3.05, 3.63) is 65.4 Å². The summed E-state index contributed by atoms with van der Waals surface area (Å²) in [7, 11) is 1.54. The molecule has 2 aromatic carbocycles. The number of sulfonamides is 1. The van der Waals surface area contributed by atoms with Gasteiger partial charge in [0.05, 0.1) is 23.8 Å². The molecule has 0 aliphatic heterocycles. The molecule has 0 amide bonds. The Morgan fingerprint density at radius 2 is 1.70 bits per heavy atom. The third kappa shape index (κ3) is 5.80. The van der Waals surface area contributed by atoms with Gasteiger partial charge in [0.2, 0.25) is 5.88 Å². The van der Waals surface area contributed by atoms with E-state index in [1.54, 1.807) is 39.2 Å². The highest BCUT2D eigenvalue weighted by atomic mass is 32.2. The maximum absolute atomic E-state index is 13.9. The highest BCUT2D eigenvalue weighted by Gasteiger charge is 2.32. The van der Waals surface area contributed by atoms with Gasteiger partial charge >= 0.3 is 0 Å². The van der Waals surface area contributed by atoms with Crippen LogP contribution >= 0.6 is 0 Å². The summed E-state index contributed by atoms with van der Waals surface area (Å²) in [6.45, 7) is 4.70. The number of aromatic nitrogens is 1. The minimum Gasteiger partial charge on any atom is -0.382 e. The Bertz CT molecular complexity index is 1160. The van der Waals surface area contributed by atoms with Crippen LogP contribution in [0.15, 0.2) is 57.9 Å². The van der Waals surface area contributed by atoms with Crippen molar-refractivity contribution in [3.8, 4) is 11.1 Å². The minimum absolute atomic E-state index is 0.140. The highest BCUT2D eigenvalue weighted by Crippen LogP contribution is 2.33. The van der Waals surface area contributed by atoms with E-state index < -0.39 is 10.0 Å². The molecule has 0 unspecified atom stereocenters. The lowest BCUT2D eigenvalue weighted by molar-refractivity contribution is 0.0744. The van der Waals surface area contributed by atoms with Crippen molar-refractivity contribution in [1.82, 2.24) is 10.1 Å². The average molecular weight is 474 g/mol. The van der Waals surface area contributed by atoms with Crippen LogP contribution in [0.25, 0.3) is 11.1 Å². The van der Waals surface area contributed by atoms with Gasteiger partial charge in [-0.2, -0.15) is 0 Å². The van der Waals surface area contributed by atoms with Gasteiger partial charge in [-0.25, -0.2) is 12.7 Å². The van der Waals surface area contributed by atoms with Gasteiger partial charge in [-0.05, 0) is 45.1 Å². The quantitative estimate of drug-likeness (QED) is 0.309. The van der Waals surface area contributed by atoms with Crippen molar-refractivity contribution in [2.45, 2.75) is 25.3 Å². The second-order valence-electron chi connectivity index (χ2n) is 8.01. The zero-order valence-electron chi connectivity index (χ0n) is 19.7. The standard InChI is InChI=1S/C24H31N3O5S/c1-18-19(2)25-32-24(18)27(17-31-15-14-30-5)33(28,29)23-9-7-6-8-22(23)21-12-10-20(11-13-21)16-26(3)4/h6-13H,14-17H2,1-5H3. The van der Waals surface area contributed by atoms with E-state index in [2.05, 4.69) is 10.1 Å². The molecule has 0 saturated heterocycles. The van der Waals surface area contributed by atoms with E-state index in [0.717, 1.165) is 22.0 Å². The van der Waals surface area contributed by atoms with E-state index in [-0.39, 0.29) is 24.1 Å². The summed E-state index contributed by atoms with van der Waals surface area (Å²) in [5, 5.41) is 3.94. The molecule has 0 fully saturated rings. The Kier molecular flexibility index (Phi) is 8.25. The number of aryl methyl sites for hydroxylation is 1. The van der Waals surface area contributed by atoms with Gasteiger partial charge in [-0.3, -0.25) is 0 Å². The van der Waals surface area contributed by atoms with E-state index >= 15 is 0 Å². The van der Waals surface area contributed by atoms with Crippen LogP contribution in [-0.4, -0.2) is 59.6 Å². The van der Waals surface area contributed by atoms with Crippen LogP contribution in [0.5, 0.6) is 0 Å². The van der Waals surface area contributed by atoms with Crippen LogP contribution in [-0.2, 0) is 26.0 Å². The molecular formula is C24H31N3O5S. The second kappa shape index (κ2) is 10.9. The van der Waals surface area contributed by atoms with Gasteiger partial charge in [-0.1, -0.05) is 47.6 Å². The molecule has 0 aliphatic carbocycles. The van der Waals surface area contributed by atoms with Crippen molar-refractivity contribution in [2.24, 2.45) is 0 Å². The summed E-state index contributed by atoms with van der Waals surface area (Å²) in [4.78, 5) is 2.24. The molecule has 3 aromatic rings. The molecule has 0 radical (unpaired) electrons. The maximum Gasteiger partial charge on any atom is 0.269 e. The molecule has 8 nitrogen and oxygen atoms in total. The number of anilines is 1. The average Bonchev–Trinajstić information content (AvgIpc) is 3.12. The molecule has 0 aliphatic rings. The number of nitrogens with zero attached hydrogens (tertiary/aromatic N) is 3. The first kappa shape index (κ1) is 24.9. The summed E-state index contributed by atoms with van der Waals surface area (Å²) >= 11 is 0. The number of hydrogen-bond donors (Lipinski definition) is 0. The van der Waals surface area contributed by atoms with E-state index in [4.69, 9.17) is 14.0 Å². The van der Waals surface area contributed by atoms with Gasteiger partial charge in [0, 0.05) is 24.8 Å². The Hall–Kier alpha value is -2.72. The molecule has 1 aromatic heterocycles. The lowest BCUT2D eigenvalue weighted by atomic mass is 10.0. The Morgan fingerprint density at radius 1 is 1.00 bits per heavy atom. The molecule has 9 heteroatoms. The number of methoxy groups -OCH3 is 1. The normalized spacial score (nSPS) is 11.8. The Labute approximate surface area is 195 Å². The van der Waals surface area contributed by atoms with E-state index in [1.807, 2.05) is 44.4 Å². The molecular weight excluding hydrogens is 442 g/mol. The Balaban J connectivity index is 2.02. The van der Waals surface area contributed by atoms with Crippen LogP contribution in [0, 0.1) is 13.8 Å². The molecule has 0 atom stereocenters. The SMILES string of the molecule is COCCOCN(c1onc(C)c1C)S(=O)(=O)c1ccccc1-c1ccc(CN(C)C)cc1. The van der Waals surface area contributed by atoms with Crippen LogP contribution in [0.3, 0.4) is 0 Å². The monoisotopic (exact) mass is 473 g/mol. The molecule has 0 N–H and O–H groups in total. The number of rotatable bonds is 11. The van der Waals surface area contributed by atoms with E-state index in [0.29, 0.717) is 23.4 Å². The first-order chi connectivity index (χ1) is 15.8. The lowest BCUT2D eigenvalue weighted by Gasteiger charge is -2.23. The minimum atomic E-state index is -4.03. The predicted molar refractivity (Wildman–Crippen MR) is 128 cm³/mol. The van der Waals surface area contributed by atoms with Crippen molar-refractivity contribution in [2.75, 3.05) is 45.5 Å². The number of benzene rings is 2. The van der Waals surface area contributed by atoms with Crippen molar-refractivity contribution in [1.29, 1.82) is 0 Å². The third-order valence-corrected chi connectivity index (χ3v) is 6.98. The summed E-state index contributed by atoms with van der Waals surface area (Å²) < 4.78 is 44.9. The molecule has 1 heterocycles. The van der Waals surface area contributed by atoms with Gasteiger partial charge in [0.15, 0.2) is 0 Å². The van der Waals surface area contributed by atoms with Crippen LogP contribution in [0.4, 0.5) is 5.88 Å². The zero-order valence-corrected chi connectivity index (χ0v) is 20.6. The summed E-state index contributed by atoms with van der Waals surface area (Å²) in [5.41, 5.74) is 3.81. The summed E-state index contributed by atoms with van der Waals surface area (Å²) in [6.07, 6.45) is 0. The highest BCUT2D eigenvalue weighted by molar-refractivity contribution is 7.93. The zero-order chi connectivity index (χ0) is 24.0. The van der Waals surface area contributed by atoms with Crippen LogP contribution < -0.4 is 4.31 Å². The van der Waals surface area contributed by atoms with Gasteiger partial charge in [0.25, 0.3) is 10.0 Å². The molecule has 33 heavy (non-hydrogen) atoms. The smallest absolute Gasteiger partial charge is 0.269 e. The lowest BCUT2D eigenvalue weighted by Crippen LogP contribution is -2.34. The fourth-order valence-electron chi connectivity index (χ4n) is 3.37. The van der Waals surface area contributed by atoms with Gasteiger partial charge in [-0.15, -0.1) is 0 Å². The molecule has 0 bridgehead atoms. The molecule has 178 valence electrons. The van der Waals surface area contributed by atoms with Crippen molar-refractivity contribution in [3.63, 3.8) is 0 Å². The molecule has 0 spiro atoms. The summed E-state index contributed by atoms with van der Waals surface area (Å²) in [5.74, 6) is 0.140. The van der Waals surface area contributed by atoms with Gasteiger partial charge in [0.1, 0.15) is 6.73 Å². The number of ether oxygens (including phenoxy) is 2. The van der Waals surface area contributed by atoms with Crippen molar-refractivity contribution < 1.29 is 22.4 Å². The predicted octanol–water partition coefficient (Wildman–Crippen LogP) is 3.84. The first-order valence-corrected chi connectivity index (χ1v) is 12.0. The summed E-state index contributed by atoms with van der Waals surface area (Å²) in [6, 6.07) is 14.8. The van der Waals surface area contributed by atoms with E-state index in [9.17, 15) is 8.42 Å². The largest absolute Gasteiger partial charge is 0.382 e. The van der Waals surface area contributed by atoms with Crippen LogP contribution in [0.2, 0.25) is 0 Å². The molecule has 0 saturated carbocycles. The van der Waals surface area contributed by atoms with Gasteiger partial charge < -0.3 is 18.9 Å². The fourth-order valence-corrected chi connectivity index (χ4v) is 4.92. The molecule has 3 rings (SSSR count). The van der Waals surface area contributed by atoms with E-state index in [1.165, 1.54) is 0 Å². The maximum atomic E-state index is 13.9. The fraction of sp³-hybridized carbons (Fsp3) is 0.375. The first-order valence-electron chi connectivity index (χ1n) is 10.6. The topological polar surface area (TPSA) is 85.1 Å².